The molecule has 0 aromatic carbocycles. The van der Waals surface area contributed by atoms with Crippen LogP contribution in [0.15, 0.2) is 9.12 Å². The Morgan fingerprint density at radius 2 is 0.970 bits per heavy atom. The summed E-state index contributed by atoms with van der Waals surface area (Å²) in [6, 6.07) is 0. The molecule has 0 fully saturated rings. The van der Waals surface area contributed by atoms with Crippen molar-refractivity contribution in [1.82, 2.24) is 5.32 Å². The molecule has 0 aliphatic heterocycles. The van der Waals surface area contributed by atoms with Crippen LogP contribution in [0.4, 0.5) is 0 Å². The Labute approximate surface area is 227 Å². The fraction of sp³-hybridized carbons (Fsp3) is 0.929. The normalized spacial score (nSPS) is 19.3. The predicted octanol–water partition coefficient (Wildman–Crippen LogP) is 9.54. The standard InChI is InChI=1S/C20H45NP2.C8H12Cl.Ir.2H/c1-17(2,3)22(18(4,5)6)15-13-21-14-16-23(19(7,8)9)20(10,11)12;9-8-6-4-2-1-3-5-7-8;;;/h21H,13-16H2,1-12H3;1-6H2;;;. The van der Waals surface area contributed by atoms with Gasteiger partial charge in [-0.15, -0.1) is 0 Å². The number of allylic oxidation sites excluding steroid dienone is 2. The van der Waals surface area contributed by atoms with Gasteiger partial charge in [-0.05, 0) is 46.0 Å². The van der Waals surface area contributed by atoms with Crippen molar-refractivity contribution < 1.29 is 18.9 Å². The first-order valence-electron chi connectivity index (χ1n) is 13.1. The van der Waals surface area contributed by atoms with Crippen LogP contribution in [0.5, 0.6) is 0 Å². The summed E-state index contributed by atoms with van der Waals surface area (Å²) in [6.45, 7) is 31.4. The number of hydrogen-bond acceptors (Lipinski definition) is 1. The fourth-order valence-electron chi connectivity index (χ4n) is 5.05. The summed E-state index contributed by atoms with van der Waals surface area (Å²) < 4.78 is 1.47. The molecule has 0 heterocycles. The van der Waals surface area contributed by atoms with Crippen LogP contribution in [0.3, 0.4) is 0 Å². The van der Waals surface area contributed by atoms with Gasteiger partial charge in [0.05, 0.1) is 0 Å². The zero-order valence-corrected chi connectivity index (χ0v) is 29.5. The second-order valence-electron chi connectivity index (χ2n) is 13.5. The van der Waals surface area contributed by atoms with E-state index in [0.29, 0.717) is 20.6 Å². The van der Waals surface area contributed by atoms with Gasteiger partial charge in [0, 0.05) is 0 Å². The SMILES string of the molecule is CC(C)(C)P(CCNCCP(C(C)(C)C)C(C)(C)C)C(C)(C)C.Cl/C1=[C](\[IrH2])CCCCCC1. The van der Waals surface area contributed by atoms with E-state index in [-0.39, 0.29) is 15.8 Å². The van der Waals surface area contributed by atoms with Crippen molar-refractivity contribution in [3.05, 3.63) is 9.12 Å². The van der Waals surface area contributed by atoms with E-state index in [0.717, 1.165) is 11.5 Å². The van der Waals surface area contributed by atoms with Crippen molar-refractivity contribution in [3.8, 4) is 0 Å². The van der Waals surface area contributed by atoms with E-state index in [2.05, 4.69) is 88.4 Å². The summed E-state index contributed by atoms with van der Waals surface area (Å²) >= 11 is 7.81. The molecule has 0 aromatic rings. The van der Waals surface area contributed by atoms with Crippen LogP contribution in [0.1, 0.15) is 122 Å². The van der Waals surface area contributed by atoms with Gasteiger partial charge < -0.3 is 5.32 Å². The molecule has 1 rings (SSSR count). The molecule has 0 saturated heterocycles. The molecule has 202 valence electrons. The number of hydrogen-bond donors (Lipinski definition) is 1. The molecule has 1 aliphatic rings. The van der Waals surface area contributed by atoms with Crippen molar-refractivity contribution in [2.75, 3.05) is 25.4 Å². The van der Waals surface area contributed by atoms with Gasteiger partial charge in [-0.2, -0.15) is 0 Å². The summed E-state index contributed by atoms with van der Waals surface area (Å²) in [4.78, 5) is 0. The average molecular weight is 699 g/mol. The van der Waals surface area contributed by atoms with Gasteiger partial charge >= 0.3 is 78.1 Å². The van der Waals surface area contributed by atoms with Crippen molar-refractivity contribution in [3.63, 3.8) is 0 Å². The van der Waals surface area contributed by atoms with Crippen LogP contribution >= 0.6 is 27.4 Å². The zero-order valence-electron chi connectivity index (χ0n) is 24.2. The Morgan fingerprint density at radius 1 is 0.636 bits per heavy atom. The number of halogens is 1. The summed E-state index contributed by atoms with van der Waals surface area (Å²) in [5.74, 6) is 0. The van der Waals surface area contributed by atoms with Crippen LogP contribution in [0.25, 0.3) is 0 Å². The second kappa shape index (κ2) is 15.0. The maximum absolute atomic E-state index is 6.04. The second-order valence-corrected chi connectivity index (χ2v) is 23.5. The van der Waals surface area contributed by atoms with E-state index in [1.807, 2.05) is 0 Å². The third kappa shape index (κ3) is 15.4. The molecule has 1 nitrogen and oxygen atoms in total. The Hall–Kier alpha value is 1.50. The zero-order chi connectivity index (χ0) is 26.1. The molecule has 0 spiro atoms. The van der Waals surface area contributed by atoms with Gasteiger partial charge in [0.15, 0.2) is 0 Å². The fourth-order valence-corrected chi connectivity index (χ4v) is 13.6. The molecule has 33 heavy (non-hydrogen) atoms. The Morgan fingerprint density at radius 3 is 1.30 bits per heavy atom. The first-order chi connectivity index (χ1) is 14.8. The van der Waals surface area contributed by atoms with E-state index in [9.17, 15) is 0 Å². The molecule has 0 atom stereocenters. The minimum absolute atomic E-state index is 0.0229. The first-order valence-corrected chi connectivity index (χ1v) is 17.9. The van der Waals surface area contributed by atoms with Gasteiger partial charge in [-0.3, -0.25) is 0 Å². The van der Waals surface area contributed by atoms with Gasteiger partial charge in [-0.1, -0.05) is 98.9 Å². The van der Waals surface area contributed by atoms with Crippen LogP contribution in [-0.4, -0.2) is 46.0 Å². The first kappa shape index (κ1) is 34.5. The van der Waals surface area contributed by atoms with Gasteiger partial charge in [0.25, 0.3) is 0 Å². The van der Waals surface area contributed by atoms with Crippen LogP contribution in [-0.2, 0) is 18.9 Å². The molecule has 1 N–H and O–H groups in total. The van der Waals surface area contributed by atoms with Crippen molar-refractivity contribution in [2.24, 2.45) is 0 Å². The van der Waals surface area contributed by atoms with Crippen LogP contribution in [0.2, 0.25) is 0 Å². The van der Waals surface area contributed by atoms with Gasteiger partial charge in [-0.25, -0.2) is 0 Å². The van der Waals surface area contributed by atoms with E-state index in [4.69, 9.17) is 11.6 Å². The molecular weight excluding hydrogens is 640 g/mol. The third-order valence-corrected chi connectivity index (χ3v) is 16.2. The molecule has 0 radical (unpaired) electrons. The predicted molar refractivity (Wildman–Crippen MR) is 159 cm³/mol. The average Bonchev–Trinajstić information content (AvgIpc) is 2.58. The van der Waals surface area contributed by atoms with Crippen molar-refractivity contribution in [1.29, 1.82) is 0 Å². The molecular formula is C28H59ClIrNP2. The van der Waals surface area contributed by atoms with Gasteiger partial charge in [0.2, 0.25) is 0 Å². The quantitative estimate of drug-likeness (QED) is 0.215. The Balaban J connectivity index is 0.000000843. The number of rotatable bonds is 6. The summed E-state index contributed by atoms with van der Waals surface area (Å²) in [5.41, 5.74) is 0. The third-order valence-electron chi connectivity index (χ3n) is 6.10. The number of nitrogens with one attached hydrogen (secondary N) is 1. The molecule has 0 aromatic heterocycles. The van der Waals surface area contributed by atoms with Crippen molar-refractivity contribution in [2.45, 2.75) is 142 Å². The molecule has 1 aliphatic carbocycles. The van der Waals surface area contributed by atoms with Gasteiger partial charge in [0.1, 0.15) is 0 Å². The van der Waals surface area contributed by atoms with Crippen molar-refractivity contribution >= 4 is 27.4 Å². The van der Waals surface area contributed by atoms with E-state index in [1.165, 1.54) is 61.6 Å². The monoisotopic (exact) mass is 699 g/mol. The molecule has 0 amide bonds. The van der Waals surface area contributed by atoms with E-state index in [1.54, 1.807) is 18.9 Å². The molecule has 0 saturated carbocycles. The van der Waals surface area contributed by atoms with Crippen LogP contribution < -0.4 is 5.32 Å². The Bertz CT molecular complexity index is 499. The van der Waals surface area contributed by atoms with Crippen LogP contribution in [0, 0.1) is 0 Å². The minimum atomic E-state index is 0.0229. The summed E-state index contributed by atoms with van der Waals surface area (Å²) in [6.07, 6.45) is 10.5. The Kier molecular flexibility index (Phi) is 15.7. The molecule has 0 unspecified atom stereocenters. The van der Waals surface area contributed by atoms with E-state index < -0.39 is 0 Å². The summed E-state index contributed by atoms with van der Waals surface area (Å²) in [5, 5.41) is 6.69. The molecule has 5 heteroatoms. The topological polar surface area (TPSA) is 12.0 Å². The summed E-state index contributed by atoms with van der Waals surface area (Å²) in [7, 11) is 0.0459. The maximum atomic E-state index is 6.04. The van der Waals surface area contributed by atoms with E-state index >= 15 is 0 Å². The molecule has 0 bridgehead atoms.